The summed E-state index contributed by atoms with van der Waals surface area (Å²) in [6, 6.07) is -0.0979. The van der Waals surface area contributed by atoms with E-state index in [0.29, 0.717) is 50.1 Å². The average molecular weight is 358 g/mol. The summed E-state index contributed by atoms with van der Waals surface area (Å²) in [5, 5.41) is 3.95. The highest BCUT2D eigenvalue weighted by atomic mass is 32.2. The lowest BCUT2D eigenvalue weighted by Crippen LogP contribution is -2.42. The summed E-state index contributed by atoms with van der Waals surface area (Å²) in [5.74, 6) is 1.56. The fourth-order valence-corrected chi connectivity index (χ4v) is 3.79. The molecule has 0 saturated carbocycles. The summed E-state index contributed by atoms with van der Waals surface area (Å²) in [7, 11) is -3.21. The minimum atomic E-state index is -3.21. The van der Waals surface area contributed by atoms with Crippen LogP contribution in [0.5, 0.6) is 0 Å². The maximum atomic E-state index is 12.0. The van der Waals surface area contributed by atoms with Gasteiger partial charge < -0.3 is 9.42 Å². The Balaban J connectivity index is 1.95. The molecule has 1 aliphatic heterocycles. The van der Waals surface area contributed by atoms with Gasteiger partial charge in [-0.05, 0) is 12.3 Å². The molecule has 1 saturated heterocycles. The van der Waals surface area contributed by atoms with E-state index in [1.54, 1.807) is 4.90 Å². The Morgan fingerprint density at radius 2 is 2.17 bits per heavy atom. The van der Waals surface area contributed by atoms with E-state index in [2.05, 4.69) is 24.0 Å². The number of nitrogens with zero attached hydrogens (tertiary/aromatic N) is 4. The Labute approximate surface area is 143 Å². The molecule has 2 heterocycles. The molecule has 1 amide bonds. The second kappa shape index (κ2) is 7.60. The molecule has 1 unspecified atom stereocenters. The molecule has 1 aromatic heterocycles. The second-order valence-corrected chi connectivity index (χ2v) is 8.71. The van der Waals surface area contributed by atoms with Crippen molar-refractivity contribution >= 4 is 15.9 Å². The van der Waals surface area contributed by atoms with Crippen molar-refractivity contribution in [3.8, 4) is 0 Å². The second-order valence-electron chi connectivity index (χ2n) is 6.73. The third-order valence-corrected chi connectivity index (χ3v) is 5.38. The van der Waals surface area contributed by atoms with Crippen LogP contribution in [0.15, 0.2) is 4.52 Å². The largest absolute Gasteiger partial charge is 0.339 e. The van der Waals surface area contributed by atoms with Crippen molar-refractivity contribution in [1.82, 2.24) is 19.3 Å². The van der Waals surface area contributed by atoms with Gasteiger partial charge in [-0.1, -0.05) is 19.0 Å². The van der Waals surface area contributed by atoms with Crippen LogP contribution in [-0.2, 0) is 27.7 Å². The van der Waals surface area contributed by atoms with Gasteiger partial charge in [0.2, 0.25) is 21.8 Å². The third-order valence-electron chi connectivity index (χ3n) is 4.11. The molecule has 0 radical (unpaired) electrons. The van der Waals surface area contributed by atoms with Crippen molar-refractivity contribution in [2.45, 2.75) is 46.1 Å². The number of rotatable bonds is 7. The molecular formula is C15H26N4O4S. The molecule has 0 N–H and O–H groups in total. The summed E-state index contributed by atoms with van der Waals surface area (Å²) in [6.07, 6.45) is 3.08. The van der Waals surface area contributed by atoms with E-state index < -0.39 is 10.0 Å². The molecule has 0 spiro atoms. The summed E-state index contributed by atoms with van der Waals surface area (Å²) < 4.78 is 29.9. The van der Waals surface area contributed by atoms with E-state index in [9.17, 15) is 13.2 Å². The molecule has 1 aromatic rings. The molecule has 24 heavy (non-hydrogen) atoms. The number of hydrogen-bond donors (Lipinski definition) is 0. The van der Waals surface area contributed by atoms with Gasteiger partial charge in [-0.2, -0.15) is 4.98 Å². The van der Waals surface area contributed by atoms with Crippen LogP contribution in [-0.4, -0.2) is 65.6 Å². The van der Waals surface area contributed by atoms with Gasteiger partial charge in [0.1, 0.15) is 0 Å². The van der Waals surface area contributed by atoms with Crippen LogP contribution >= 0.6 is 0 Å². The zero-order valence-corrected chi connectivity index (χ0v) is 15.5. The Hall–Kier alpha value is -1.48. The molecule has 2 rings (SSSR count). The van der Waals surface area contributed by atoms with E-state index >= 15 is 0 Å². The lowest BCUT2D eigenvalue weighted by atomic mass is 10.1. The van der Waals surface area contributed by atoms with E-state index in [1.165, 1.54) is 17.5 Å². The van der Waals surface area contributed by atoms with Gasteiger partial charge in [0.15, 0.2) is 5.82 Å². The summed E-state index contributed by atoms with van der Waals surface area (Å²) in [5.41, 5.74) is 0. The molecule has 0 bridgehead atoms. The highest BCUT2D eigenvalue weighted by Gasteiger charge is 2.33. The van der Waals surface area contributed by atoms with Crippen LogP contribution in [0.1, 0.15) is 38.9 Å². The molecule has 136 valence electrons. The van der Waals surface area contributed by atoms with Crippen LogP contribution in [0.2, 0.25) is 0 Å². The monoisotopic (exact) mass is 358 g/mol. The van der Waals surface area contributed by atoms with Crippen molar-refractivity contribution in [2.75, 3.05) is 25.9 Å². The number of sulfonamides is 1. The van der Waals surface area contributed by atoms with Crippen LogP contribution in [0.3, 0.4) is 0 Å². The first kappa shape index (κ1) is 18.9. The van der Waals surface area contributed by atoms with Gasteiger partial charge in [0.05, 0.1) is 6.26 Å². The topological polar surface area (TPSA) is 96.6 Å². The zero-order valence-electron chi connectivity index (χ0n) is 14.7. The smallest absolute Gasteiger partial charge is 0.226 e. The summed E-state index contributed by atoms with van der Waals surface area (Å²) >= 11 is 0. The standard InChI is InChI=1S/C15H26N4O4S/c1-11(2)9-15-16-14(17-23-15)6-8-19(12(3)20)13-5-7-18(10-13)24(4,21)22/h11,13H,5-10H2,1-4H3. The SMILES string of the molecule is CC(=O)N(CCc1noc(CC(C)C)n1)C1CCN(S(C)(=O)=O)C1. The Bertz CT molecular complexity index is 671. The fraction of sp³-hybridized carbons (Fsp3) is 0.800. The number of hydrogen-bond acceptors (Lipinski definition) is 6. The van der Waals surface area contributed by atoms with Gasteiger partial charge in [0, 0.05) is 45.4 Å². The lowest BCUT2D eigenvalue weighted by Gasteiger charge is -2.27. The molecule has 0 aliphatic carbocycles. The molecular weight excluding hydrogens is 332 g/mol. The van der Waals surface area contributed by atoms with Gasteiger partial charge in [-0.3, -0.25) is 4.79 Å². The van der Waals surface area contributed by atoms with Gasteiger partial charge in [0.25, 0.3) is 0 Å². The Kier molecular flexibility index (Phi) is 5.97. The summed E-state index contributed by atoms with van der Waals surface area (Å²) in [4.78, 5) is 18.0. The van der Waals surface area contributed by atoms with Crippen molar-refractivity contribution < 1.29 is 17.7 Å². The lowest BCUT2D eigenvalue weighted by molar-refractivity contribution is -0.130. The number of carbonyl (C=O) groups excluding carboxylic acids is 1. The van der Waals surface area contributed by atoms with Gasteiger partial charge in [-0.15, -0.1) is 0 Å². The predicted molar refractivity (Wildman–Crippen MR) is 88.8 cm³/mol. The van der Waals surface area contributed by atoms with E-state index in [1.807, 2.05) is 0 Å². The minimum absolute atomic E-state index is 0.0683. The average Bonchev–Trinajstić information content (AvgIpc) is 3.07. The highest BCUT2D eigenvalue weighted by Crippen LogP contribution is 2.19. The van der Waals surface area contributed by atoms with Crippen LogP contribution < -0.4 is 0 Å². The van der Waals surface area contributed by atoms with Crippen LogP contribution in [0.25, 0.3) is 0 Å². The first-order chi connectivity index (χ1) is 11.2. The van der Waals surface area contributed by atoms with Crippen LogP contribution in [0.4, 0.5) is 0 Å². The van der Waals surface area contributed by atoms with E-state index in [0.717, 1.165) is 6.42 Å². The Morgan fingerprint density at radius 1 is 1.46 bits per heavy atom. The first-order valence-electron chi connectivity index (χ1n) is 8.20. The minimum Gasteiger partial charge on any atom is -0.339 e. The molecule has 1 fully saturated rings. The number of aromatic nitrogens is 2. The van der Waals surface area contributed by atoms with Gasteiger partial charge in [-0.25, -0.2) is 12.7 Å². The maximum Gasteiger partial charge on any atom is 0.226 e. The maximum absolute atomic E-state index is 12.0. The molecule has 1 aliphatic rings. The first-order valence-corrected chi connectivity index (χ1v) is 10.1. The molecule has 1 atom stereocenters. The van der Waals surface area contributed by atoms with Crippen molar-refractivity contribution in [1.29, 1.82) is 0 Å². The predicted octanol–water partition coefficient (Wildman–Crippen LogP) is 0.693. The van der Waals surface area contributed by atoms with Gasteiger partial charge >= 0.3 is 0 Å². The van der Waals surface area contributed by atoms with E-state index in [-0.39, 0.29) is 11.9 Å². The normalized spacial score (nSPS) is 19.1. The molecule has 0 aromatic carbocycles. The summed E-state index contributed by atoms with van der Waals surface area (Å²) in [6.45, 7) is 6.92. The van der Waals surface area contributed by atoms with E-state index in [4.69, 9.17) is 4.52 Å². The molecule has 8 nitrogen and oxygen atoms in total. The quantitative estimate of drug-likeness (QED) is 0.711. The zero-order chi connectivity index (χ0) is 17.9. The van der Waals surface area contributed by atoms with Crippen molar-refractivity contribution in [3.63, 3.8) is 0 Å². The number of carbonyl (C=O) groups is 1. The van der Waals surface area contributed by atoms with Crippen LogP contribution in [0, 0.1) is 5.92 Å². The Morgan fingerprint density at radius 3 is 2.71 bits per heavy atom. The molecule has 9 heteroatoms. The third kappa shape index (κ3) is 5.01. The number of amides is 1. The fourth-order valence-electron chi connectivity index (χ4n) is 2.91. The van der Waals surface area contributed by atoms with Crippen molar-refractivity contribution in [3.05, 3.63) is 11.7 Å². The van der Waals surface area contributed by atoms with Crippen molar-refractivity contribution in [2.24, 2.45) is 5.92 Å². The highest BCUT2D eigenvalue weighted by molar-refractivity contribution is 7.88.